The van der Waals surface area contributed by atoms with Crippen molar-refractivity contribution in [2.75, 3.05) is 0 Å². The molecule has 0 unspecified atom stereocenters. The van der Waals surface area contributed by atoms with Crippen LogP contribution in [0.4, 0.5) is 8.78 Å². The summed E-state index contributed by atoms with van der Waals surface area (Å²) in [6, 6.07) is 10.1. The van der Waals surface area contributed by atoms with E-state index in [-0.39, 0.29) is 17.8 Å². The van der Waals surface area contributed by atoms with Crippen molar-refractivity contribution in [1.82, 2.24) is 0 Å². The fourth-order valence-electron chi connectivity index (χ4n) is 1.59. The van der Waals surface area contributed by atoms with E-state index in [9.17, 15) is 13.6 Å². The van der Waals surface area contributed by atoms with Crippen LogP contribution in [0.3, 0.4) is 0 Å². The second kappa shape index (κ2) is 5.56. The molecule has 0 aliphatic heterocycles. The highest BCUT2D eigenvalue weighted by molar-refractivity contribution is 14.1. The minimum absolute atomic E-state index is 0.0820. The summed E-state index contributed by atoms with van der Waals surface area (Å²) in [7, 11) is 0. The van der Waals surface area contributed by atoms with E-state index in [4.69, 9.17) is 0 Å². The Balaban J connectivity index is 2.21. The summed E-state index contributed by atoms with van der Waals surface area (Å²) in [5.74, 6) is -1.33. The standard InChI is InChI=1S/C14H9F2IO/c15-11-3-6-13(16)10(7-11)8-14(18)9-1-4-12(17)5-2-9/h1-7H,8H2. The molecule has 0 saturated carbocycles. The maximum absolute atomic E-state index is 13.4. The van der Waals surface area contributed by atoms with Crippen LogP contribution in [0.1, 0.15) is 15.9 Å². The Bertz CT molecular complexity index is 579. The minimum Gasteiger partial charge on any atom is -0.294 e. The van der Waals surface area contributed by atoms with E-state index in [1.807, 2.05) is 0 Å². The molecule has 92 valence electrons. The molecule has 0 spiro atoms. The summed E-state index contributed by atoms with van der Waals surface area (Å²) in [5.41, 5.74) is 0.581. The molecule has 2 aromatic carbocycles. The third kappa shape index (κ3) is 3.13. The third-order valence-electron chi connectivity index (χ3n) is 2.52. The highest BCUT2D eigenvalue weighted by Crippen LogP contribution is 2.14. The van der Waals surface area contributed by atoms with E-state index < -0.39 is 11.6 Å². The van der Waals surface area contributed by atoms with Crippen molar-refractivity contribution >= 4 is 28.4 Å². The number of halogens is 3. The van der Waals surface area contributed by atoms with Gasteiger partial charge in [0.2, 0.25) is 0 Å². The third-order valence-corrected chi connectivity index (χ3v) is 3.24. The van der Waals surface area contributed by atoms with E-state index in [0.717, 1.165) is 21.8 Å². The van der Waals surface area contributed by atoms with Gasteiger partial charge in [0.05, 0.1) is 0 Å². The van der Waals surface area contributed by atoms with Crippen molar-refractivity contribution in [2.24, 2.45) is 0 Å². The van der Waals surface area contributed by atoms with Crippen LogP contribution in [0.5, 0.6) is 0 Å². The largest absolute Gasteiger partial charge is 0.294 e. The van der Waals surface area contributed by atoms with E-state index in [1.54, 1.807) is 24.3 Å². The lowest BCUT2D eigenvalue weighted by Gasteiger charge is -2.03. The highest BCUT2D eigenvalue weighted by Gasteiger charge is 2.11. The Morgan fingerprint density at radius 2 is 1.72 bits per heavy atom. The number of ketones is 1. The van der Waals surface area contributed by atoms with Gasteiger partial charge in [0.15, 0.2) is 5.78 Å². The minimum atomic E-state index is -0.560. The summed E-state index contributed by atoms with van der Waals surface area (Å²) in [6.07, 6.45) is -0.135. The first kappa shape index (κ1) is 13.1. The molecule has 4 heteroatoms. The summed E-state index contributed by atoms with van der Waals surface area (Å²) in [6.45, 7) is 0. The molecule has 0 fully saturated rings. The Hall–Kier alpha value is -1.30. The van der Waals surface area contributed by atoms with Gasteiger partial charge in [-0.15, -0.1) is 0 Å². The molecule has 0 N–H and O–H groups in total. The molecule has 0 radical (unpaired) electrons. The smallest absolute Gasteiger partial charge is 0.167 e. The van der Waals surface area contributed by atoms with Crippen LogP contribution in [0.25, 0.3) is 0 Å². The number of hydrogen-bond acceptors (Lipinski definition) is 1. The average Bonchev–Trinajstić information content (AvgIpc) is 2.34. The number of carbonyl (C=O) groups excluding carboxylic acids is 1. The lowest BCUT2D eigenvalue weighted by atomic mass is 10.0. The average molecular weight is 358 g/mol. The van der Waals surface area contributed by atoms with Gasteiger partial charge in [-0.3, -0.25) is 4.79 Å². The fourth-order valence-corrected chi connectivity index (χ4v) is 1.95. The van der Waals surface area contributed by atoms with Crippen molar-refractivity contribution in [2.45, 2.75) is 6.42 Å². The first-order valence-corrected chi connectivity index (χ1v) is 6.37. The van der Waals surface area contributed by atoms with E-state index >= 15 is 0 Å². The van der Waals surface area contributed by atoms with Crippen LogP contribution < -0.4 is 0 Å². The number of rotatable bonds is 3. The molecule has 0 bridgehead atoms. The SMILES string of the molecule is O=C(Cc1cc(F)ccc1F)c1ccc(I)cc1. The summed E-state index contributed by atoms with van der Waals surface area (Å²) >= 11 is 2.13. The molecule has 0 aromatic heterocycles. The van der Waals surface area contributed by atoms with Crippen LogP contribution in [0.2, 0.25) is 0 Å². The predicted molar refractivity (Wildman–Crippen MR) is 73.6 cm³/mol. The van der Waals surface area contributed by atoms with Crippen molar-refractivity contribution < 1.29 is 13.6 Å². The number of benzene rings is 2. The maximum atomic E-state index is 13.4. The van der Waals surface area contributed by atoms with Crippen LogP contribution >= 0.6 is 22.6 Å². The molecule has 2 aromatic rings. The topological polar surface area (TPSA) is 17.1 Å². The van der Waals surface area contributed by atoms with Crippen molar-refractivity contribution in [3.63, 3.8) is 0 Å². The molecule has 0 saturated heterocycles. The summed E-state index contributed by atoms with van der Waals surface area (Å²) in [4.78, 5) is 11.9. The van der Waals surface area contributed by atoms with Gasteiger partial charge < -0.3 is 0 Å². The van der Waals surface area contributed by atoms with Gasteiger partial charge in [0.1, 0.15) is 11.6 Å². The Morgan fingerprint density at radius 3 is 2.39 bits per heavy atom. The van der Waals surface area contributed by atoms with Crippen LogP contribution in [0, 0.1) is 15.2 Å². The Kier molecular flexibility index (Phi) is 4.06. The van der Waals surface area contributed by atoms with Gasteiger partial charge in [-0.1, -0.05) is 12.1 Å². The van der Waals surface area contributed by atoms with Crippen LogP contribution in [-0.4, -0.2) is 5.78 Å². The van der Waals surface area contributed by atoms with E-state index in [1.165, 1.54) is 0 Å². The molecule has 0 amide bonds. The Morgan fingerprint density at radius 1 is 1.06 bits per heavy atom. The molecule has 0 atom stereocenters. The zero-order chi connectivity index (χ0) is 13.1. The molecule has 0 aliphatic rings. The fraction of sp³-hybridized carbons (Fsp3) is 0.0714. The molecule has 0 heterocycles. The molecular weight excluding hydrogens is 349 g/mol. The van der Waals surface area contributed by atoms with Gasteiger partial charge in [-0.2, -0.15) is 0 Å². The molecular formula is C14H9F2IO. The van der Waals surface area contributed by atoms with Crippen LogP contribution in [-0.2, 0) is 6.42 Å². The molecule has 18 heavy (non-hydrogen) atoms. The van der Waals surface area contributed by atoms with Crippen molar-refractivity contribution in [3.8, 4) is 0 Å². The second-order valence-corrected chi connectivity index (χ2v) is 5.09. The van der Waals surface area contributed by atoms with Gasteiger partial charge in [-0.05, 0) is 58.5 Å². The zero-order valence-corrected chi connectivity index (χ0v) is 11.4. The zero-order valence-electron chi connectivity index (χ0n) is 9.29. The van der Waals surface area contributed by atoms with Crippen molar-refractivity contribution in [1.29, 1.82) is 0 Å². The summed E-state index contributed by atoms with van der Waals surface area (Å²) in [5, 5.41) is 0. The molecule has 1 nitrogen and oxygen atoms in total. The first-order chi connectivity index (χ1) is 8.56. The second-order valence-electron chi connectivity index (χ2n) is 3.84. The van der Waals surface area contributed by atoms with Gasteiger partial charge in [0, 0.05) is 15.6 Å². The highest BCUT2D eigenvalue weighted by atomic mass is 127. The quantitative estimate of drug-likeness (QED) is 0.599. The van der Waals surface area contributed by atoms with Gasteiger partial charge in [-0.25, -0.2) is 8.78 Å². The predicted octanol–water partition coefficient (Wildman–Crippen LogP) is 3.99. The molecule has 0 aliphatic carbocycles. The van der Waals surface area contributed by atoms with Gasteiger partial charge in [0.25, 0.3) is 0 Å². The lowest BCUT2D eigenvalue weighted by molar-refractivity contribution is 0.0992. The number of hydrogen-bond donors (Lipinski definition) is 0. The monoisotopic (exact) mass is 358 g/mol. The number of Topliss-reactive ketones (excluding diaryl/α,β-unsaturated/α-hetero) is 1. The Labute approximate surface area is 117 Å². The van der Waals surface area contributed by atoms with E-state index in [0.29, 0.717) is 5.56 Å². The van der Waals surface area contributed by atoms with Crippen molar-refractivity contribution in [3.05, 3.63) is 68.8 Å². The van der Waals surface area contributed by atoms with Crippen LogP contribution in [0.15, 0.2) is 42.5 Å². The molecule has 2 rings (SSSR count). The number of carbonyl (C=O) groups is 1. The van der Waals surface area contributed by atoms with E-state index in [2.05, 4.69) is 22.6 Å². The van der Waals surface area contributed by atoms with Gasteiger partial charge >= 0.3 is 0 Å². The normalized spacial score (nSPS) is 10.4. The summed E-state index contributed by atoms with van der Waals surface area (Å²) < 4.78 is 27.4. The first-order valence-electron chi connectivity index (χ1n) is 5.29. The lowest BCUT2D eigenvalue weighted by Crippen LogP contribution is -2.05. The maximum Gasteiger partial charge on any atom is 0.167 e.